The Bertz CT molecular complexity index is 1430. The quantitative estimate of drug-likeness (QED) is 0.404. The standard InChI is InChI=1S/C33H42FN7/c1-4-24-19-30(35-21-31-36-28-11-6-7-12-29(28)37-31)27-14-13-23(3)22-41(26-10-8-9-25(34)20-26)33(27)38-32(24)40-17-15-39(5-2)16-18-40/h6-12,20,23-24H,4-5,13-19,21-22H2,1-3H3,(H,36,37). The molecule has 2 aromatic carbocycles. The van der Waals surface area contributed by atoms with Gasteiger partial charge in [-0.15, -0.1) is 0 Å². The fourth-order valence-corrected chi connectivity index (χ4v) is 6.44. The number of piperazine rings is 1. The number of para-hydroxylation sites is 2. The number of halogens is 1. The summed E-state index contributed by atoms with van der Waals surface area (Å²) >= 11 is 0. The number of rotatable bonds is 5. The van der Waals surface area contributed by atoms with Gasteiger partial charge in [0.1, 0.15) is 23.3 Å². The number of anilines is 1. The molecule has 0 bridgehead atoms. The fourth-order valence-electron chi connectivity index (χ4n) is 6.44. The van der Waals surface area contributed by atoms with Gasteiger partial charge in [-0.2, -0.15) is 0 Å². The van der Waals surface area contributed by atoms with E-state index in [1.807, 2.05) is 24.3 Å². The van der Waals surface area contributed by atoms with Crippen LogP contribution in [-0.4, -0.2) is 70.6 Å². The molecule has 6 rings (SSSR count). The van der Waals surface area contributed by atoms with Crippen molar-refractivity contribution in [3.05, 3.63) is 71.6 Å². The van der Waals surface area contributed by atoms with E-state index < -0.39 is 0 Å². The lowest BCUT2D eigenvalue weighted by Crippen LogP contribution is -2.50. The number of H-pyrrole nitrogens is 1. The normalized spacial score (nSPS) is 23.5. The highest BCUT2D eigenvalue weighted by Crippen LogP contribution is 2.36. The van der Waals surface area contributed by atoms with E-state index in [-0.39, 0.29) is 11.7 Å². The molecular formula is C33H42FN7. The molecule has 8 heteroatoms. The Morgan fingerprint density at radius 1 is 1.05 bits per heavy atom. The number of nitrogens with one attached hydrogen (secondary N) is 1. The number of aliphatic imine (C=N–C) groups is 2. The third-order valence-electron chi connectivity index (χ3n) is 8.89. The van der Waals surface area contributed by atoms with Crippen LogP contribution in [0, 0.1) is 17.7 Å². The minimum Gasteiger partial charge on any atom is -0.357 e. The topological polar surface area (TPSA) is 63.1 Å². The molecule has 41 heavy (non-hydrogen) atoms. The van der Waals surface area contributed by atoms with Crippen LogP contribution in [-0.2, 0) is 6.54 Å². The van der Waals surface area contributed by atoms with Gasteiger partial charge in [0.25, 0.3) is 0 Å². The maximum Gasteiger partial charge on any atom is 0.140 e. The molecule has 3 aliphatic heterocycles. The molecule has 1 fully saturated rings. The Balaban J connectivity index is 1.44. The fraction of sp³-hybridized carbons (Fsp3) is 0.485. The molecule has 216 valence electrons. The number of imidazole rings is 1. The molecule has 2 unspecified atom stereocenters. The van der Waals surface area contributed by atoms with Crippen LogP contribution < -0.4 is 4.90 Å². The maximum atomic E-state index is 14.5. The Morgan fingerprint density at radius 3 is 2.63 bits per heavy atom. The van der Waals surface area contributed by atoms with E-state index in [9.17, 15) is 4.39 Å². The van der Waals surface area contributed by atoms with Crippen LogP contribution in [0.4, 0.5) is 10.1 Å². The van der Waals surface area contributed by atoms with Gasteiger partial charge in [0.15, 0.2) is 0 Å². The number of fused-ring (bicyclic) bond motifs is 1. The second kappa shape index (κ2) is 12.1. The number of likely N-dealkylation sites (N-methyl/N-ethyl adjacent to an activating group) is 1. The van der Waals surface area contributed by atoms with E-state index in [4.69, 9.17) is 15.0 Å². The molecule has 2 atom stereocenters. The van der Waals surface area contributed by atoms with Gasteiger partial charge in [-0.3, -0.25) is 4.99 Å². The lowest BCUT2D eigenvalue weighted by atomic mass is 9.92. The summed E-state index contributed by atoms with van der Waals surface area (Å²) in [6.07, 6.45) is 3.81. The number of hydrogen-bond acceptors (Lipinski definition) is 6. The molecule has 4 heterocycles. The van der Waals surface area contributed by atoms with Crippen molar-refractivity contribution in [2.75, 3.05) is 44.2 Å². The second-order valence-corrected chi connectivity index (χ2v) is 11.7. The van der Waals surface area contributed by atoms with E-state index >= 15 is 0 Å². The Kier molecular flexibility index (Phi) is 8.19. The first-order valence-corrected chi connectivity index (χ1v) is 15.3. The summed E-state index contributed by atoms with van der Waals surface area (Å²) < 4.78 is 14.5. The average Bonchev–Trinajstić information content (AvgIpc) is 3.25. The molecule has 0 saturated carbocycles. The molecule has 0 amide bonds. The van der Waals surface area contributed by atoms with Crippen molar-refractivity contribution >= 4 is 28.3 Å². The smallest absolute Gasteiger partial charge is 0.140 e. The first-order valence-electron chi connectivity index (χ1n) is 15.3. The zero-order valence-electron chi connectivity index (χ0n) is 24.6. The summed E-state index contributed by atoms with van der Waals surface area (Å²) in [5, 5.41) is 0. The highest BCUT2D eigenvalue weighted by molar-refractivity contribution is 6.06. The van der Waals surface area contributed by atoms with Crippen molar-refractivity contribution in [1.82, 2.24) is 19.8 Å². The minimum atomic E-state index is -0.222. The molecule has 0 spiro atoms. The Hall–Kier alpha value is -3.52. The number of benzene rings is 2. The van der Waals surface area contributed by atoms with Gasteiger partial charge in [0, 0.05) is 55.6 Å². The number of aromatic amines is 1. The number of hydrogen-bond donors (Lipinski definition) is 1. The Labute approximate surface area is 242 Å². The van der Waals surface area contributed by atoms with Crippen molar-refractivity contribution in [1.29, 1.82) is 0 Å². The summed E-state index contributed by atoms with van der Waals surface area (Å²) in [7, 11) is 0. The third kappa shape index (κ3) is 5.94. The number of nitrogens with zero attached hydrogens (tertiary/aromatic N) is 6. The van der Waals surface area contributed by atoms with Crippen molar-refractivity contribution in [2.24, 2.45) is 21.8 Å². The van der Waals surface area contributed by atoms with Gasteiger partial charge >= 0.3 is 0 Å². The molecule has 3 aromatic rings. The first kappa shape index (κ1) is 27.6. The SMILES string of the molecule is CCC1CC(=NCc2nc3ccccc3[nH]2)C2=C(N=C1N1CCN(CC)CC1)N(c1cccc(F)c1)CC(C)CC2. The largest absolute Gasteiger partial charge is 0.357 e. The van der Waals surface area contributed by atoms with Gasteiger partial charge in [-0.25, -0.2) is 14.4 Å². The molecular weight excluding hydrogens is 513 g/mol. The summed E-state index contributed by atoms with van der Waals surface area (Å²) in [5.74, 6) is 3.49. The van der Waals surface area contributed by atoms with E-state index in [1.165, 1.54) is 17.5 Å². The third-order valence-corrected chi connectivity index (χ3v) is 8.89. The highest BCUT2D eigenvalue weighted by Gasteiger charge is 2.34. The molecule has 0 aliphatic carbocycles. The number of allylic oxidation sites excluding steroid dienone is 1. The summed E-state index contributed by atoms with van der Waals surface area (Å²) in [6.45, 7) is 13.2. The van der Waals surface area contributed by atoms with Crippen LogP contribution in [0.3, 0.4) is 0 Å². The van der Waals surface area contributed by atoms with Crippen LogP contribution in [0.1, 0.15) is 52.3 Å². The van der Waals surface area contributed by atoms with E-state index in [0.717, 1.165) is 99.0 Å². The van der Waals surface area contributed by atoms with Gasteiger partial charge in [-0.05, 0) is 68.5 Å². The van der Waals surface area contributed by atoms with E-state index in [2.05, 4.69) is 46.5 Å². The van der Waals surface area contributed by atoms with Crippen LogP contribution in [0.2, 0.25) is 0 Å². The number of amidine groups is 1. The lowest BCUT2D eigenvalue weighted by molar-refractivity contribution is 0.185. The molecule has 0 radical (unpaired) electrons. The van der Waals surface area contributed by atoms with E-state index in [0.29, 0.717) is 12.5 Å². The zero-order chi connectivity index (χ0) is 28.3. The summed E-state index contributed by atoms with van der Waals surface area (Å²) in [4.78, 5) is 26.3. The van der Waals surface area contributed by atoms with Crippen LogP contribution in [0.25, 0.3) is 11.0 Å². The number of aromatic nitrogens is 2. The summed E-state index contributed by atoms with van der Waals surface area (Å²) in [5.41, 5.74) is 5.18. The van der Waals surface area contributed by atoms with Crippen LogP contribution in [0.15, 0.2) is 69.9 Å². The van der Waals surface area contributed by atoms with Gasteiger partial charge < -0.3 is 19.7 Å². The van der Waals surface area contributed by atoms with Crippen LogP contribution in [0.5, 0.6) is 0 Å². The Morgan fingerprint density at radius 2 is 1.88 bits per heavy atom. The predicted octanol–water partition coefficient (Wildman–Crippen LogP) is 6.26. The first-order chi connectivity index (χ1) is 20.0. The van der Waals surface area contributed by atoms with Gasteiger partial charge in [-0.1, -0.05) is 39.0 Å². The van der Waals surface area contributed by atoms with E-state index in [1.54, 1.807) is 12.1 Å². The van der Waals surface area contributed by atoms with Gasteiger partial charge in [0.05, 0.1) is 17.6 Å². The van der Waals surface area contributed by atoms with Crippen molar-refractivity contribution in [3.8, 4) is 0 Å². The molecule has 3 aliphatic rings. The molecule has 1 N–H and O–H groups in total. The predicted molar refractivity (Wildman–Crippen MR) is 166 cm³/mol. The molecule has 7 nitrogen and oxygen atoms in total. The molecule has 1 aromatic heterocycles. The van der Waals surface area contributed by atoms with Gasteiger partial charge in [0.2, 0.25) is 0 Å². The maximum absolute atomic E-state index is 14.5. The average molecular weight is 556 g/mol. The molecule has 1 saturated heterocycles. The highest BCUT2D eigenvalue weighted by atomic mass is 19.1. The van der Waals surface area contributed by atoms with Crippen molar-refractivity contribution in [2.45, 2.75) is 53.0 Å². The van der Waals surface area contributed by atoms with Crippen molar-refractivity contribution < 1.29 is 4.39 Å². The monoisotopic (exact) mass is 555 g/mol. The lowest BCUT2D eigenvalue weighted by Gasteiger charge is -2.38. The minimum absolute atomic E-state index is 0.222. The second-order valence-electron chi connectivity index (χ2n) is 11.7. The van der Waals surface area contributed by atoms with Crippen LogP contribution >= 0.6 is 0 Å². The van der Waals surface area contributed by atoms with Crippen molar-refractivity contribution in [3.63, 3.8) is 0 Å². The summed E-state index contributed by atoms with van der Waals surface area (Å²) in [6, 6.07) is 15.1. The zero-order valence-corrected chi connectivity index (χ0v) is 24.6.